The number of ether oxygens (including phenoxy) is 1. The molecule has 1 fully saturated rings. The number of carbonyl (C=O) groups is 1. The SMILES string of the molecule is COc1cccc(NC(=O)N2CCNC(C)C2C)c1. The Morgan fingerprint density at radius 1 is 1.47 bits per heavy atom. The van der Waals surface area contributed by atoms with Crippen LogP contribution in [0.4, 0.5) is 10.5 Å². The highest BCUT2D eigenvalue weighted by Crippen LogP contribution is 2.18. The van der Waals surface area contributed by atoms with E-state index >= 15 is 0 Å². The fourth-order valence-corrected chi connectivity index (χ4v) is 2.24. The summed E-state index contributed by atoms with van der Waals surface area (Å²) in [5.74, 6) is 0.736. The summed E-state index contributed by atoms with van der Waals surface area (Å²) in [4.78, 5) is 14.1. The van der Waals surface area contributed by atoms with Crippen molar-refractivity contribution in [3.05, 3.63) is 24.3 Å². The van der Waals surface area contributed by atoms with Crippen LogP contribution in [0.25, 0.3) is 0 Å². The molecule has 0 radical (unpaired) electrons. The van der Waals surface area contributed by atoms with E-state index in [1.165, 1.54) is 0 Å². The monoisotopic (exact) mass is 263 g/mol. The molecule has 1 aromatic carbocycles. The van der Waals surface area contributed by atoms with Gasteiger partial charge in [0.05, 0.1) is 7.11 Å². The molecule has 0 aliphatic carbocycles. The highest BCUT2D eigenvalue weighted by molar-refractivity contribution is 5.89. The van der Waals surface area contributed by atoms with Gasteiger partial charge in [-0.1, -0.05) is 6.07 Å². The maximum Gasteiger partial charge on any atom is 0.322 e. The van der Waals surface area contributed by atoms with E-state index in [0.29, 0.717) is 6.04 Å². The molecule has 1 saturated heterocycles. The smallest absolute Gasteiger partial charge is 0.322 e. The van der Waals surface area contributed by atoms with Gasteiger partial charge in [-0.15, -0.1) is 0 Å². The van der Waals surface area contributed by atoms with E-state index in [1.54, 1.807) is 7.11 Å². The zero-order valence-corrected chi connectivity index (χ0v) is 11.6. The van der Waals surface area contributed by atoms with E-state index in [9.17, 15) is 4.79 Å². The van der Waals surface area contributed by atoms with Crippen molar-refractivity contribution >= 4 is 11.7 Å². The second kappa shape index (κ2) is 5.93. The third kappa shape index (κ3) is 3.17. The van der Waals surface area contributed by atoms with E-state index < -0.39 is 0 Å². The number of nitrogens with zero attached hydrogens (tertiary/aromatic N) is 1. The first-order chi connectivity index (χ1) is 9.11. The molecule has 1 aliphatic heterocycles. The van der Waals surface area contributed by atoms with E-state index in [0.717, 1.165) is 24.5 Å². The summed E-state index contributed by atoms with van der Waals surface area (Å²) in [6.45, 7) is 5.70. The normalized spacial score (nSPS) is 23.0. The van der Waals surface area contributed by atoms with Crippen molar-refractivity contribution in [2.75, 3.05) is 25.5 Å². The van der Waals surface area contributed by atoms with Crippen molar-refractivity contribution in [2.24, 2.45) is 0 Å². The number of urea groups is 1. The maximum absolute atomic E-state index is 12.3. The number of hydrogen-bond donors (Lipinski definition) is 2. The molecule has 2 unspecified atom stereocenters. The van der Waals surface area contributed by atoms with Crippen molar-refractivity contribution in [2.45, 2.75) is 25.9 Å². The van der Waals surface area contributed by atoms with Gasteiger partial charge in [-0.25, -0.2) is 4.79 Å². The third-order valence-corrected chi connectivity index (χ3v) is 3.62. The minimum Gasteiger partial charge on any atom is -0.497 e. The van der Waals surface area contributed by atoms with Crippen LogP contribution in [0.1, 0.15) is 13.8 Å². The predicted molar refractivity (Wildman–Crippen MR) is 75.6 cm³/mol. The first kappa shape index (κ1) is 13.7. The zero-order chi connectivity index (χ0) is 13.8. The second-order valence-corrected chi connectivity index (χ2v) is 4.84. The third-order valence-electron chi connectivity index (χ3n) is 3.62. The minimum atomic E-state index is -0.0610. The van der Waals surface area contributed by atoms with Crippen molar-refractivity contribution in [3.8, 4) is 5.75 Å². The first-order valence-electron chi connectivity index (χ1n) is 6.57. The summed E-state index contributed by atoms with van der Waals surface area (Å²) in [6.07, 6.45) is 0. The number of amides is 2. The Kier molecular flexibility index (Phi) is 4.27. The Morgan fingerprint density at radius 2 is 2.26 bits per heavy atom. The molecule has 1 heterocycles. The number of methoxy groups -OCH3 is 1. The molecule has 1 aromatic rings. The molecule has 0 spiro atoms. The Bertz CT molecular complexity index is 450. The largest absolute Gasteiger partial charge is 0.497 e. The molecular weight excluding hydrogens is 242 g/mol. The molecular formula is C14H21N3O2. The summed E-state index contributed by atoms with van der Waals surface area (Å²) in [7, 11) is 1.61. The summed E-state index contributed by atoms with van der Waals surface area (Å²) in [5.41, 5.74) is 0.753. The van der Waals surface area contributed by atoms with Crippen LogP contribution in [0.15, 0.2) is 24.3 Å². The molecule has 2 amide bonds. The van der Waals surface area contributed by atoms with Gasteiger partial charge in [0.1, 0.15) is 5.75 Å². The molecule has 0 aromatic heterocycles. The molecule has 1 aliphatic rings. The second-order valence-electron chi connectivity index (χ2n) is 4.84. The Hall–Kier alpha value is -1.75. The van der Waals surface area contributed by atoms with Gasteiger partial charge in [0.25, 0.3) is 0 Å². The number of nitrogens with one attached hydrogen (secondary N) is 2. The van der Waals surface area contributed by atoms with Crippen LogP contribution in [0.2, 0.25) is 0 Å². The van der Waals surface area contributed by atoms with Gasteiger partial charge in [0, 0.05) is 36.9 Å². The Balaban J connectivity index is 2.03. The number of piperazine rings is 1. The quantitative estimate of drug-likeness (QED) is 0.857. The van der Waals surface area contributed by atoms with Crippen LogP contribution in [-0.4, -0.2) is 43.2 Å². The lowest BCUT2D eigenvalue weighted by atomic mass is 10.1. The van der Waals surface area contributed by atoms with Crippen LogP contribution in [0.5, 0.6) is 5.75 Å². The van der Waals surface area contributed by atoms with Crippen LogP contribution in [-0.2, 0) is 0 Å². The van der Waals surface area contributed by atoms with Gasteiger partial charge in [-0.05, 0) is 26.0 Å². The number of carbonyl (C=O) groups excluding carboxylic acids is 1. The lowest BCUT2D eigenvalue weighted by Crippen LogP contribution is -2.58. The Morgan fingerprint density at radius 3 is 3.00 bits per heavy atom. The topological polar surface area (TPSA) is 53.6 Å². The van der Waals surface area contributed by atoms with Gasteiger partial charge in [0.15, 0.2) is 0 Å². The molecule has 104 valence electrons. The molecule has 5 heteroatoms. The minimum absolute atomic E-state index is 0.0610. The van der Waals surface area contributed by atoms with E-state index in [4.69, 9.17) is 4.74 Å². The average Bonchev–Trinajstić information content (AvgIpc) is 2.42. The summed E-state index contributed by atoms with van der Waals surface area (Å²) >= 11 is 0. The number of anilines is 1. The predicted octanol–water partition coefficient (Wildman–Crippen LogP) is 1.91. The molecule has 2 rings (SSSR count). The molecule has 2 atom stereocenters. The van der Waals surface area contributed by atoms with Crippen molar-refractivity contribution in [1.82, 2.24) is 10.2 Å². The van der Waals surface area contributed by atoms with Gasteiger partial charge >= 0.3 is 6.03 Å². The van der Waals surface area contributed by atoms with E-state index in [2.05, 4.69) is 24.5 Å². The van der Waals surface area contributed by atoms with E-state index in [1.807, 2.05) is 29.2 Å². The molecule has 5 nitrogen and oxygen atoms in total. The lowest BCUT2D eigenvalue weighted by molar-refractivity contribution is 0.156. The van der Waals surface area contributed by atoms with Crippen LogP contribution < -0.4 is 15.4 Å². The highest BCUT2D eigenvalue weighted by Gasteiger charge is 2.27. The van der Waals surface area contributed by atoms with Gasteiger partial charge in [-0.2, -0.15) is 0 Å². The van der Waals surface area contributed by atoms with Crippen molar-refractivity contribution in [1.29, 1.82) is 0 Å². The Labute approximate surface area is 113 Å². The average molecular weight is 263 g/mol. The number of hydrogen-bond acceptors (Lipinski definition) is 3. The molecule has 0 bridgehead atoms. The van der Waals surface area contributed by atoms with Crippen LogP contribution in [0.3, 0.4) is 0 Å². The van der Waals surface area contributed by atoms with E-state index in [-0.39, 0.29) is 12.1 Å². The van der Waals surface area contributed by atoms with Gasteiger partial charge in [0.2, 0.25) is 0 Å². The number of rotatable bonds is 2. The molecule has 19 heavy (non-hydrogen) atoms. The van der Waals surface area contributed by atoms with Crippen LogP contribution in [0, 0.1) is 0 Å². The first-order valence-corrected chi connectivity index (χ1v) is 6.57. The van der Waals surface area contributed by atoms with Gasteiger partial charge < -0.3 is 20.3 Å². The fourth-order valence-electron chi connectivity index (χ4n) is 2.24. The maximum atomic E-state index is 12.3. The van der Waals surface area contributed by atoms with Crippen molar-refractivity contribution < 1.29 is 9.53 Å². The van der Waals surface area contributed by atoms with Gasteiger partial charge in [-0.3, -0.25) is 0 Å². The summed E-state index contributed by atoms with van der Waals surface area (Å²) < 4.78 is 5.15. The lowest BCUT2D eigenvalue weighted by Gasteiger charge is -2.38. The highest BCUT2D eigenvalue weighted by atomic mass is 16.5. The molecule has 2 N–H and O–H groups in total. The standard InChI is InChI=1S/C14H21N3O2/c1-10-11(2)17(8-7-15-10)14(18)16-12-5-4-6-13(9-12)19-3/h4-6,9-11,15H,7-8H2,1-3H3,(H,16,18). The van der Waals surface area contributed by atoms with Crippen LogP contribution >= 0.6 is 0 Å². The summed E-state index contributed by atoms with van der Waals surface area (Å²) in [6, 6.07) is 7.81. The van der Waals surface area contributed by atoms with Crippen molar-refractivity contribution in [3.63, 3.8) is 0 Å². The fraction of sp³-hybridized carbons (Fsp3) is 0.500. The zero-order valence-electron chi connectivity index (χ0n) is 11.6. The summed E-state index contributed by atoms with van der Waals surface area (Å²) in [5, 5.41) is 6.27. The number of benzene rings is 1. The molecule has 0 saturated carbocycles.